The average molecular weight is 266 g/mol. The number of amidine groups is 1. The Balaban J connectivity index is 2.61. The summed E-state index contributed by atoms with van der Waals surface area (Å²) >= 11 is 0. The van der Waals surface area contributed by atoms with Gasteiger partial charge in [0.1, 0.15) is 11.7 Å². The van der Waals surface area contributed by atoms with E-state index in [1.54, 1.807) is 12.1 Å². The number of halogens is 1. The van der Waals surface area contributed by atoms with Crippen molar-refractivity contribution in [1.29, 1.82) is 5.41 Å². The summed E-state index contributed by atoms with van der Waals surface area (Å²) in [6.07, 6.45) is 1.04. The van der Waals surface area contributed by atoms with Gasteiger partial charge >= 0.3 is 0 Å². The molecule has 0 aliphatic carbocycles. The summed E-state index contributed by atoms with van der Waals surface area (Å²) in [5.41, 5.74) is 6.12. The van der Waals surface area contributed by atoms with Crippen molar-refractivity contribution in [3.8, 4) is 0 Å². The molecule has 0 spiro atoms. The summed E-state index contributed by atoms with van der Waals surface area (Å²) < 4.78 is 14.1. The molecule has 1 aromatic rings. The highest BCUT2D eigenvalue weighted by atomic mass is 19.1. The third-order valence-electron chi connectivity index (χ3n) is 2.95. The molecular weight excluding hydrogens is 243 g/mol. The smallest absolute Gasteiger partial charge is 0.138 e. The number of benzene rings is 1. The summed E-state index contributed by atoms with van der Waals surface area (Å²) in [7, 11) is 6.04. The maximum absolute atomic E-state index is 14.1. The topological polar surface area (TPSA) is 56.4 Å². The Morgan fingerprint density at radius 2 is 1.95 bits per heavy atom. The van der Waals surface area contributed by atoms with Gasteiger partial charge in [-0.3, -0.25) is 5.41 Å². The molecule has 0 amide bonds. The van der Waals surface area contributed by atoms with Crippen molar-refractivity contribution in [2.75, 3.05) is 34.2 Å². The Morgan fingerprint density at radius 1 is 1.26 bits per heavy atom. The van der Waals surface area contributed by atoms with Gasteiger partial charge in [0, 0.05) is 12.1 Å². The fourth-order valence-corrected chi connectivity index (χ4v) is 1.94. The molecule has 1 rings (SSSR count). The van der Waals surface area contributed by atoms with Crippen molar-refractivity contribution in [1.82, 2.24) is 9.80 Å². The van der Waals surface area contributed by atoms with Crippen LogP contribution in [0.5, 0.6) is 0 Å². The Morgan fingerprint density at radius 3 is 2.53 bits per heavy atom. The van der Waals surface area contributed by atoms with Crippen LogP contribution in [0.15, 0.2) is 18.2 Å². The van der Waals surface area contributed by atoms with E-state index in [1.165, 1.54) is 6.07 Å². The second-order valence-electron chi connectivity index (χ2n) is 5.09. The number of nitrogens with zero attached hydrogens (tertiary/aromatic N) is 2. The standard InChI is InChI=1S/C14H23FN4/c1-18(2)8-5-9-19(3)10-11-6-4-7-12(13(11)15)14(16)17/h4,6-7H,5,8-10H2,1-3H3,(H3,16,17). The van der Waals surface area contributed by atoms with E-state index < -0.39 is 0 Å². The Labute approximate surface area is 114 Å². The number of nitrogens with two attached hydrogens (primary N) is 1. The molecule has 0 atom stereocenters. The quantitative estimate of drug-likeness (QED) is 0.581. The van der Waals surface area contributed by atoms with Crippen molar-refractivity contribution in [3.05, 3.63) is 35.1 Å². The van der Waals surface area contributed by atoms with Gasteiger partial charge in [0.25, 0.3) is 0 Å². The maximum Gasteiger partial charge on any atom is 0.138 e. The normalized spacial score (nSPS) is 11.3. The molecule has 4 nitrogen and oxygen atoms in total. The van der Waals surface area contributed by atoms with Crippen LogP contribution in [-0.2, 0) is 6.54 Å². The second kappa shape index (κ2) is 7.21. The first-order valence-electron chi connectivity index (χ1n) is 6.37. The molecule has 0 aromatic heterocycles. The van der Waals surface area contributed by atoms with E-state index >= 15 is 0 Å². The molecule has 3 N–H and O–H groups in total. The van der Waals surface area contributed by atoms with Gasteiger partial charge in [-0.2, -0.15) is 0 Å². The molecule has 0 fully saturated rings. The molecule has 0 unspecified atom stereocenters. The predicted molar refractivity (Wildman–Crippen MR) is 76.9 cm³/mol. The minimum atomic E-state index is -0.380. The van der Waals surface area contributed by atoms with Crippen LogP contribution >= 0.6 is 0 Å². The van der Waals surface area contributed by atoms with E-state index in [1.807, 2.05) is 21.1 Å². The fourth-order valence-electron chi connectivity index (χ4n) is 1.94. The van der Waals surface area contributed by atoms with E-state index in [9.17, 15) is 4.39 Å². The van der Waals surface area contributed by atoms with Crippen molar-refractivity contribution >= 4 is 5.84 Å². The first-order valence-corrected chi connectivity index (χ1v) is 6.37. The highest BCUT2D eigenvalue weighted by Crippen LogP contribution is 2.14. The number of hydrogen-bond acceptors (Lipinski definition) is 3. The third kappa shape index (κ3) is 4.96. The Hall–Kier alpha value is -1.46. The van der Waals surface area contributed by atoms with E-state index in [4.69, 9.17) is 11.1 Å². The predicted octanol–water partition coefficient (Wildman–Crippen LogP) is 1.49. The minimum absolute atomic E-state index is 0.180. The summed E-state index contributed by atoms with van der Waals surface area (Å²) in [6, 6.07) is 5.01. The lowest BCUT2D eigenvalue weighted by Gasteiger charge is -2.19. The SMILES string of the molecule is CN(C)CCCN(C)Cc1cccc(C(=N)N)c1F. The molecule has 1 aromatic carbocycles. The summed E-state index contributed by atoms with van der Waals surface area (Å²) in [5.74, 6) is -0.607. The molecule has 0 saturated carbocycles. The van der Waals surface area contributed by atoms with Gasteiger partial charge in [-0.15, -0.1) is 0 Å². The molecule has 0 radical (unpaired) electrons. The lowest BCUT2D eigenvalue weighted by Crippen LogP contribution is -2.24. The summed E-state index contributed by atoms with van der Waals surface area (Å²) in [6.45, 7) is 2.45. The number of nitrogens with one attached hydrogen (secondary N) is 1. The van der Waals surface area contributed by atoms with Gasteiger partial charge in [0.05, 0.1) is 5.56 Å². The minimum Gasteiger partial charge on any atom is -0.384 e. The van der Waals surface area contributed by atoms with Crippen LogP contribution < -0.4 is 5.73 Å². The van der Waals surface area contributed by atoms with Crippen LogP contribution in [0.1, 0.15) is 17.5 Å². The number of hydrogen-bond donors (Lipinski definition) is 2. The van der Waals surface area contributed by atoms with Crippen LogP contribution in [0.4, 0.5) is 4.39 Å². The fraction of sp³-hybridized carbons (Fsp3) is 0.500. The van der Waals surface area contributed by atoms with E-state index in [0.29, 0.717) is 12.1 Å². The van der Waals surface area contributed by atoms with Crippen LogP contribution in [0.2, 0.25) is 0 Å². The molecule has 0 heterocycles. The zero-order chi connectivity index (χ0) is 14.4. The molecular formula is C14H23FN4. The van der Waals surface area contributed by atoms with Crippen LogP contribution in [-0.4, -0.2) is 49.9 Å². The van der Waals surface area contributed by atoms with E-state index in [2.05, 4.69) is 9.80 Å². The monoisotopic (exact) mass is 266 g/mol. The first kappa shape index (κ1) is 15.6. The van der Waals surface area contributed by atoms with Crippen LogP contribution in [0.3, 0.4) is 0 Å². The van der Waals surface area contributed by atoms with Crippen molar-refractivity contribution in [2.24, 2.45) is 5.73 Å². The number of rotatable bonds is 7. The molecule has 0 aliphatic heterocycles. The summed E-state index contributed by atoms with van der Waals surface area (Å²) in [4.78, 5) is 4.20. The molecule has 0 bridgehead atoms. The largest absolute Gasteiger partial charge is 0.384 e. The van der Waals surface area contributed by atoms with Gasteiger partial charge in [-0.25, -0.2) is 4.39 Å². The molecule has 5 heteroatoms. The average Bonchev–Trinajstić information content (AvgIpc) is 2.31. The van der Waals surface area contributed by atoms with Crippen LogP contribution in [0, 0.1) is 11.2 Å². The first-order chi connectivity index (χ1) is 8.91. The lowest BCUT2D eigenvalue weighted by atomic mass is 10.1. The molecule has 0 aliphatic rings. The zero-order valence-electron chi connectivity index (χ0n) is 11.9. The molecule has 0 saturated heterocycles. The van der Waals surface area contributed by atoms with Gasteiger partial charge in [-0.1, -0.05) is 12.1 Å². The van der Waals surface area contributed by atoms with Crippen LogP contribution in [0.25, 0.3) is 0 Å². The second-order valence-corrected chi connectivity index (χ2v) is 5.09. The summed E-state index contributed by atoms with van der Waals surface area (Å²) in [5, 5.41) is 7.33. The zero-order valence-corrected chi connectivity index (χ0v) is 11.9. The van der Waals surface area contributed by atoms with Crippen molar-refractivity contribution < 1.29 is 4.39 Å². The van der Waals surface area contributed by atoms with Crippen molar-refractivity contribution in [3.63, 3.8) is 0 Å². The Kier molecular flexibility index (Phi) is 5.92. The van der Waals surface area contributed by atoms with E-state index in [0.717, 1.165) is 19.5 Å². The van der Waals surface area contributed by atoms with E-state index in [-0.39, 0.29) is 17.2 Å². The highest BCUT2D eigenvalue weighted by molar-refractivity contribution is 5.95. The van der Waals surface area contributed by atoms with Gasteiger partial charge < -0.3 is 15.5 Å². The lowest BCUT2D eigenvalue weighted by molar-refractivity contribution is 0.291. The van der Waals surface area contributed by atoms with Crippen molar-refractivity contribution in [2.45, 2.75) is 13.0 Å². The Bertz CT molecular complexity index is 431. The van der Waals surface area contributed by atoms with Gasteiger partial charge in [0.2, 0.25) is 0 Å². The molecule has 106 valence electrons. The highest BCUT2D eigenvalue weighted by Gasteiger charge is 2.11. The molecule has 19 heavy (non-hydrogen) atoms. The van der Waals surface area contributed by atoms with Gasteiger partial charge in [0.15, 0.2) is 0 Å². The third-order valence-corrected chi connectivity index (χ3v) is 2.95. The number of nitrogen functional groups attached to an aromatic ring is 1. The van der Waals surface area contributed by atoms with Gasteiger partial charge in [-0.05, 0) is 46.7 Å². The maximum atomic E-state index is 14.1.